The van der Waals surface area contributed by atoms with Gasteiger partial charge < -0.3 is 20.7 Å². The van der Waals surface area contributed by atoms with E-state index in [0.29, 0.717) is 12.2 Å². The Hall–Kier alpha value is -2.69. The molecule has 126 valence electrons. The zero-order valence-electron chi connectivity index (χ0n) is 14.3. The van der Waals surface area contributed by atoms with Gasteiger partial charge in [-0.15, -0.1) is 0 Å². The molecular formula is C19H23N3O2. The van der Waals surface area contributed by atoms with Crippen LogP contribution in [-0.4, -0.2) is 24.6 Å². The molecule has 1 aliphatic rings. The first kappa shape index (κ1) is 16.2. The first-order valence-corrected chi connectivity index (χ1v) is 8.02. The summed E-state index contributed by atoms with van der Waals surface area (Å²) in [5.74, 6) is 0.688. The number of nitrogens with one attached hydrogen (secondary N) is 1. The SMILES string of the molecule is Cc1ccc(NC(=O)CN2CC(C)(C)Oc3ccc(N)cc32)cc1. The zero-order valence-corrected chi connectivity index (χ0v) is 14.3. The number of nitrogen functional groups attached to an aromatic ring is 1. The maximum atomic E-state index is 12.4. The second-order valence-electron chi connectivity index (χ2n) is 6.86. The molecule has 1 heterocycles. The lowest BCUT2D eigenvalue weighted by Crippen LogP contribution is -2.49. The number of nitrogens with two attached hydrogens (primary N) is 1. The minimum Gasteiger partial charge on any atom is -0.484 e. The topological polar surface area (TPSA) is 67.6 Å². The summed E-state index contributed by atoms with van der Waals surface area (Å²) in [4.78, 5) is 14.5. The fourth-order valence-corrected chi connectivity index (χ4v) is 2.89. The number of rotatable bonds is 3. The quantitative estimate of drug-likeness (QED) is 0.851. The van der Waals surface area contributed by atoms with Crippen molar-refractivity contribution in [3.05, 3.63) is 48.0 Å². The number of hydrogen-bond donors (Lipinski definition) is 2. The summed E-state index contributed by atoms with van der Waals surface area (Å²) in [6.45, 7) is 6.90. The van der Waals surface area contributed by atoms with Gasteiger partial charge in [0.2, 0.25) is 5.91 Å². The number of aryl methyl sites for hydroxylation is 1. The molecule has 5 heteroatoms. The van der Waals surface area contributed by atoms with Crippen molar-refractivity contribution in [3.8, 4) is 5.75 Å². The van der Waals surface area contributed by atoms with Gasteiger partial charge in [-0.05, 0) is 51.1 Å². The van der Waals surface area contributed by atoms with Crippen LogP contribution in [0.5, 0.6) is 5.75 Å². The average molecular weight is 325 g/mol. The molecule has 0 spiro atoms. The molecule has 24 heavy (non-hydrogen) atoms. The largest absolute Gasteiger partial charge is 0.484 e. The van der Waals surface area contributed by atoms with Gasteiger partial charge in [0.05, 0.1) is 18.8 Å². The zero-order chi connectivity index (χ0) is 17.3. The highest BCUT2D eigenvalue weighted by molar-refractivity contribution is 5.94. The van der Waals surface area contributed by atoms with Gasteiger partial charge in [-0.3, -0.25) is 4.79 Å². The van der Waals surface area contributed by atoms with Gasteiger partial charge >= 0.3 is 0 Å². The van der Waals surface area contributed by atoms with Crippen LogP contribution >= 0.6 is 0 Å². The van der Waals surface area contributed by atoms with Crippen LogP contribution < -0.4 is 20.7 Å². The summed E-state index contributed by atoms with van der Waals surface area (Å²) in [6.07, 6.45) is 0. The minimum atomic E-state index is -0.368. The molecule has 1 aliphatic heterocycles. The third-order valence-corrected chi connectivity index (χ3v) is 3.95. The van der Waals surface area contributed by atoms with Crippen LogP contribution in [0.4, 0.5) is 17.1 Å². The van der Waals surface area contributed by atoms with Crippen molar-refractivity contribution in [3.63, 3.8) is 0 Å². The molecular weight excluding hydrogens is 302 g/mol. The van der Waals surface area contributed by atoms with Crippen molar-refractivity contribution in [2.45, 2.75) is 26.4 Å². The predicted molar refractivity (Wildman–Crippen MR) is 97.6 cm³/mol. The Labute approximate surface area is 142 Å². The first-order valence-electron chi connectivity index (χ1n) is 8.02. The molecule has 0 atom stereocenters. The molecule has 0 saturated heterocycles. The van der Waals surface area contributed by atoms with Crippen molar-refractivity contribution in [1.82, 2.24) is 0 Å². The Kier molecular flexibility index (Phi) is 4.09. The monoisotopic (exact) mass is 325 g/mol. The van der Waals surface area contributed by atoms with Gasteiger partial charge in [-0.1, -0.05) is 17.7 Å². The van der Waals surface area contributed by atoms with Crippen molar-refractivity contribution < 1.29 is 9.53 Å². The van der Waals surface area contributed by atoms with E-state index in [1.54, 1.807) is 0 Å². The first-order chi connectivity index (χ1) is 11.3. The molecule has 1 amide bonds. The molecule has 0 aliphatic carbocycles. The van der Waals surface area contributed by atoms with Gasteiger partial charge in [0.1, 0.15) is 11.4 Å². The van der Waals surface area contributed by atoms with E-state index in [2.05, 4.69) is 5.32 Å². The maximum absolute atomic E-state index is 12.4. The van der Waals surface area contributed by atoms with E-state index in [1.165, 1.54) is 0 Å². The van der Waals surface area contributed by atoms with Crippen molar-refractivity contribution in [2.75, 3.05) is 29.0 Å². The standard InChI is InChI=1S/C19H23N3O2/c1-13-4-7-15(8-5-13)21-18(23)11-22-12-19(2,3)24-17-9-6-14(20)10-16(17)22/h4-10H,11-12,20H2,1-3H3,(H,21,23). The summed E-state index contributed by atoms with van der Waals surface area (Å²) < 4.78 is 5.99. The normalized spacial score (nSPS) is 15.4. The molecule has 0 radical (unpaired) electrons. The van der Waals surface area contributed by atoms with E-state index in [9.17, 15) is 4.79 Å². The predicted octanol–water partition coefficient (Wildman–Crippen LogP) is 3.19. The van der Waals surface area contributed by atoms with Crippen LogP contribution in [0.3, 0.4) is 0 Å². The highest BCUT2D eigenvalue weighted by atomic mass is 16.5. The van der Waals surface area contributed by atoms with Crippen molar-refractivity contribution in [1.29, 1.82) is 0 Å². The van der Waals surface area contributed by atoms with Gasteiger partial charge in [0, 0.05) is 11.4 Å². The van der Waals surface area contributed by atoms with Crippen LogP contribution in [0, 0.1) is 6.92 Å². The number of fused-ring (bicyclic) bond motifs is 1. The second kappa shape index (κ2) is 6.07. The number of amides is 1. The highest BCUT2D eigenvalue weighted by Crippen LogP contribution is 2.38. The number of nitrogens with zero attached hydrogens (tertiary/aromatic N) is 1. The summed E-state index contributed by atoms with van der Waals surface area (Å²) in [7, 11) is 0. The van der Waals surface area contributed by atoms with E-state index < -0.39 is 0 Å². The smallest absolute Gasteiger partial charge is 0.243 e. The average Bonchev–Trinajstić information content (AvgIpc) is 2.49. The third-order valence-electron chi connectivity index (χ3n) is 3.95. The number of carbonyl (C=O) groups excluding carboxylic acids is 1. The Balaban J connectivity index is 1.77. The number of carbonyl (C=O) groups is 1. The Morgan fingerprint density at radius 1 is 1.25 bits per heavy atom. The number of anilines is 3. The van der Waals surface area contributed by atoms with Crippen LogP contribution in [0.15, 0.2) is 42.5 Å². The van der Waals surface area contributed by atoms with Gasteiger partial charge in [-0.25, -0.2) is 0 Å². The summed E-state index contributed by atoms with van der Waals surface area (Å²) in [6, 6.07) is 13.3. The fourth-order valence-electron chi connectivity index (χ4n) is 2.89. The Bertz CT molecular complexity index is 754. The van der Waals surface area contributed by atoms with Gasteiger partial charge in [-0.2, -0.15) is 0 Å². The summed E-state index contributed by atoms with van der Waals surface area (Å²) in [5.41, 5.74) is 9.00. The maximum Gasteiger partial charge on any atom is 0.243 e. The van der Waals surface area contributed by atoms with E-state index >= 15 is 0 Å². The Morgan fingerprint density at radius 3 is 2.67 bits per heavy atom. The van der Waals surface area contributed by atoms with Crippen molar-refractivity contribution in [2.24, 2.45) is 0 Å². The van der Waals surface area contributed by atoms with E-state index in [1.807, 2.05) is 68.1 Å². The number of ether oxygens (including phenoxy) is 1. The minimum absolute atomic E-state index is 0.0649. The summed E-state index contributed by atoms with van der Waals surface area (Å²) in [5, 5.41) is 2.94. The van der Waals surface area contributed by atoms with Gasteiger partial charge in [0.15, 0.2) is 0 Å². The van der Waals surface area contributed by atoms with Crippen molar-refractivity contribution >= 4 is 23.0 Å². The summed E-state index contributed by atoms with van der Waals surface area (Å²) >= 11 is 0. The second-order valence-corrected chi connectivity index (χ2v) is 6.86. The molecule has 0 fully saturated rings. The molecule has 2 aromatic carbocycles. The fraction of sp³-hybridized carbons (Fsp3) is 0.316. The number of hydrogen-bond acceptors (Lipinski definition) is 4. The lowest BCUT2D eigenvalue weighted by molar-refractivity contribution is -0.115. The molecule has 2 aromatic rings. The molecule has 3 rings (SSSR count). The van der Waals surface area contributed by atoms with Crippen LogP contribution in [-0.2, 0) is 4.79 Å². The van der Waals surface area contributed by atoms with Crippen LogP contribution in [0.1, 0.15) is 19.4 Å². The van der Waals surface area contributed by atoms with Gasteiger partial charge in [0.25, 0.3) is 0 Å². The molecule has 0 saturated carbocycles. The Morgan fingerprint density at radius 2 is 1.96 bits per heavy atom. The van der Waals surface area contributed by atoms with Crippen LogP contribution in [0.2, 0.25) is 0 Å². The van der Waals surface area contributed by atoms with E-state index in [-0.39, 0.29) is 18.1 Å². The molecule has 3 N–H and O–H groups in total. The molecule has 5 nitrogen and oxygen atoms in total. The molecule has 0 aromatic heterocycles. The molecule has 0 bridgehead atoms. The van der Waals surface area contributed by atoms with Crippen LogP contribution in [0.25, 0.3) is 0 Å². The van der Waals surface area contributed by atoms with E-state index in [0.717, 1.165) is 22.7 Å². The lowest BCUT2D eigenvalue weighted by Gasteiger charge is -2.40. The number of benzene rings is 2. The van der Waals surface area contributed by atoms with E-state index in [4.69, 9.17) is 10.5 Å². The highest BCUT2D eigenvalue weighted by Gasteiger charge is 2.32. The third kappa shape index (κ3) is 3.62. The lowest BCUT2D eigenvalue weighted by atomic mass is 10.0. The molecule has 0 unspecified atom stereocenters.